The van der Waals surface area contributed by atoms with Gasteiger partial charge in [0.1, 0.15) is 5.78 Å². The molecule has 2 aliphatic carbocycles. The zero-order valence-corrected chi connectivity index (χ0v) is 34.3. The van der Waals surface area contributed by atoms with Crippen LogP contribution in [0.4, 0.5) is 0 Å². The van der Waals surface area contributed by atoms with Crippen LogP contribution < -0.4 is 16.0 Å². The van der Waals surface area contributed by atoms with Crippen LogP contribution >= 0.6 is 27.0 Å². The largest absolute Gasteiger partial charge is 0.350 e. The number of nitrogens with zero attached hydrogens (tertiary/aromatic N) is 1. The fourth-order valence-corrected chi connectivity index (χ4v) is 9.10. The lowest BCUT2D eigenvalue weighted by atomic mass is 9.63. The summed E-state index contributed by atoms with van der Waals surface area (Å²) in [5, 5.41) is 9.72. The first kappa shape index (κ1) is 50.7. The van der Waals surface area contributed by atoms with E-state index in [0.29, 0.717) is 29.5 Å². The molecular weight excluding hydrogens is 697 g/mol. The zero-order chi connectivity index (χ0) is 35.4. The third-order valence-electron chi connectivity index (χ3n) is 12.0. The maximum Gasteiger partial charge on any atom is 0.217 e. The number of hydrogen-bond acceptors (Lipinski definition) is 5. The number of fused-ring (bicyclic) bond motifs is 4. The van der Waals surface area contributed by atoms with Crippen molar-refractivity contribution in [3.8, 4) is 0 Å². The van der Waals surface area contributed by atoms with E-state index in [1.165, 1.54) is 86.7 Å². The summed E-state index contributed by atoms with van der Waals surface area (Å²) < 4.78 is 0. The molecule has 2 amide bonds. The van der Waals surface area contributed by atoms with Gasteiger partial charge >= 0.3 is 0 Å². The second kappa shape index (κ2) is 24.2. The van der Waals surface area contributed by atoms with Crippen LogP contribution in [0, 0.1) is 0 Å². The van der Waals surface area contributed by atoms with E-state index in [9.17, 15) is 14.4 Å². The molecule has 0 unspecified atom stereocenters. The number of hydrogen-bond donors (Lipinski definition) is 3. The van der Waals surface area contributed by atoms with Gasteiger partial charge in [-0.25, -0.2) is 0 Å². The molecule has 2 aromatic carbocycles. The molecule has 7 nitrogen and oxygen atoms in total. The van der Waals surface area contributed by atoms with Crippen molar-refractivity contribution in [1.29, 1.82) is 0 Å². The van der Waals surface area contributed by atoms with E-state index in [1.807, 2.05) is 13.8 Å². The van der Waals surface area contributed by atoms with E-state index >= 15 is 0 Å². The van der Waals surface area contributed by atoms with Crippen molar-refractivity contribution in [3.63, 3.8) is 0 Å². The van der Waals surface area contributed by atoms with Crippen LogP contribution in [-0.2, 0) is 25.2 Å². The number of carbonyl (C=O) groups excluding carboxylic acids is 3. The van der Waals surface area contributed by atoms with E-state index < -0.39 is 0 Å². The first-order valence-corrected chi connectivity index (χ1v) is 19.3. The highest BCUT2D eigenvalue weighted by Crippen LogP contribution is 2.49. The topological polar surface area (TPSA) is 90.5 Å². The summed E-state index contributed by atoms with van der Waals surface area (Å²) in [5.41, 5.74) is 6.34. The standard InChI is InChI=1S/C21H32N2O.C16H22N2O.C5H10O.2CH4.2H2S/c1-4-17(5-2)23-14-12-21(13-15-23)11-10-20(22-16(3)24)18-8-6-7-9-19(18)21;1-12(19)18-15-6-7-16(8-10-17-11-9-16)14-5-3-2-4-13(14)15;1-3-5(6)4-2;;;;/h6-9,17,20H,4-5,10-15H2,1-3H3,(H,22,24);2-5,15,17H,6-11H2,1H3,(H,18,19);3-4H2,1-2H3;2*1H4;2*1H2/t20-;15-;;;;;/m00...../s1. The molecule has 53 heavy (non-hydrogen) atoms. The number of ketones is 1. The van der Waals surface area contributed by atoms with Crippen molar-refractivity contribution in [2.75, 3.05) is 26.2 Å². The van der Waals surface area contributed by atoms with Gasteiger partial charge in [-0.2, -0.15) is 27.0 Å². The summed E-state index contributed by atoms with van der Waals surface area (Å²) in [6, 6.07) is 18.7. The minimum Gasteiger partial charge on any atom is -0.350 e. The van der Waals surface area contributed by atoms with Gasteiger partial charge in [-0.05, 0) is 123 Å². The number of carbonyl (C=O) groups is 3. The number of Topliss-reactive ketones (excluding diaryl/α,β-unsaturated/α-hetero) is 1. The summed E-state index contributed by atoms with van der Waals surface area (Å²) >= 11 is 0. The second-order valence-corrected chi connectivity index (χ2v) is 14.8. The first-order chi connectivity index (χ1) is 23.6. The molecule has 2 heterocycles. The molecule has 6 rings (SSSR count). The molecule has 2 aliphatic heterocycles. The SMILES string of the molecule is C.C.CC(=O)N[C@H]1CCC2(CCNCC2)c2ccccc21.CCC(=O)CC.CCC(CC)N1CCC2(CC[C@H](NC(C)=O)c3ccccc32)CC1.S.S. The fourth-order valence-electron chi connectivity index (χ4n) is 9.10. The molecule has 2 spiro atoms. The van der Waals surface area contributed by atoms with Gasteiger partial charge in [0.2, 0.25) is 11.8 Å². The molecule has 2 saturated heterocycles. The Morgan fingerprint density at radius 2 is 1.08 bits per heavy atom. The molecule has 2 aromatic rings. The molecule has 4 aliphatic rings. The summed E-state index contributed by atoms with van der Waals surface area (Å²) in [7, 11) is 0. The molecule has 0 bridgehead atoms. The van der Waals surface area contributed by atoms with Gasteiger partial charge in [0.05, 0.1) is 12.1 Å². The molecular formula is C44H76N4O3S2. The Kier molecular flexibility index (Phi) is 23.2. The Labute approximate surface area is 337 Å². The van der Waals surface area contributed by atoms with Gasteiger partial charge in [-0.1, -0.05) is 91.1 Å². The number of likely N-dealkylation sites (tertiary alicyclic amines) is 1. The Bertz CT molecular complexity index is 1380. The van der Waals surface area contributed by atoms with Crippen LogP contribution in [0.2, 0.25) is 0 Å². The predicted molar refractivity (Wildman–Crippen MR) is 235 cm³/mol. The van der Waals surface area contributed by atoms with E-state index in [2.05, 4.69) is 83.2 Å². The molecule has 0 saturated carbocycles. The van der Waals surface area contributed by atoms with Crippen molar-refractivity contribution >= 4 is 44.6 Å². The van der Waals surface area contributed by atoms with Gasteiger partial charge in [0.15, 0.2) is 0 Å². The number of nitrogens with one attached hydrogen (secondary N) is 3. The maximum absolute atomic E-state index is 11.6. The summed E-state index contributed by atoms with van der Waals surface area (Å²) in [6.45, 7) is 16.3. The highest BCUT2D eigenvalue weighted by Gasteiger charge is 2.43. The van der Waals surface area contributed by atoms with Crippen molar-refractivity contribution in [1.82, 2.24) is 20.9 Å². The van der Waals surface area contributed by atoms with Gasteiger partial charge < -0.3 is 20.9 Å². The highest BCUT2D eigenvalue weighted by molar-refractivity contribution is 7.59. The van der Waals surface area contributed by atoms with Crippen molar-refractivity contribution < 1.29 is 14.4 Å². The second-order valence-electron chi connectivity index (χ2n) is 14.8. The van der Waals surface area contributed by atoms with Gasteiger partial charge in [-0.3, -0.25) is 14.4 Å². The lowest BCUT2D eigenvalue weighted by molar-refractivity contribution is -0.120. The molecule has 2 fully saturated rings. The summed E-state index contributed by atoms with van der Waals surface area (Å²) in [5.74, 6) is 0.491. The van der Waals surface area contributed by atoms with Gasteiger partial charge in [0, 0.05) is 32.7 Å². The van der Waals surface area contributed by atoms with Gasteiger partial charge in [-0.15, -0.1) is 0 Å². The van der Waals surface area contributed by atoms with Crippen LogP contribution in [0.3, 0.4) is 0 Å². The van der Waals surface area contributed by atoms with Crippen molar-refractivity contribution in [3.05, 3.63) is 70.8 Å². The lowest BCUT2D eigenvalue weighted by Crippen LogP contribution is -2.48. The van der Waals surface area contributed by atoms with Gasteiger partial charge in [0.25, 0.3) is 0 Å². The summed E-state index contributed by atoms with van der Waals surface area (Å²) in [6.07, 6.45) is 13.4. The molecule has 2 atom stereocenters. The number of rotatable bonds is 7. The Morgan fingerprint density at radius 3 is 1.43 bits per heavy atom. The smallest absolute Gasteiger partial charge is 0.217 e. The van der Waals surface area contributed by atoms with E-state index in [0.717, 1.165) is 32.0 Å². The number of piperidine rings is 2. The zero-order valence-electron chi connectivity index (χ0n) is 32.3. The van der Waals surface area contributed by atoms with E-state index in [1.54, 1.807) is 13.8 Å². The Balaban J connectivity index is 0.000000843. The quantitative estimate of drug-likeness (QED) is 0.261. The van der Waals surface area contributed by atoms with E-state index in [-0.39, 0.29) is 65.7 Å². The Morgan fingerprint density at radius 1 is 0.679 bits per heavy atom. The molecule has 302 valence electrons. The van der Waals surface area contributed by atoms with Crippen molar-refractivity contribution in [2.24, 2.45) is 0 Å². The minimum atomic E-state index is 0. The normalized spacial score (nSPS) is 20.4. The third kappa shape index (κ3) is 12.9. The first-order valence-electron chi connectivity index (χ1n) is 19.3. The molecule has 9 heteroatoms. The van der Waals surface area contributed by atoms with Crippen LogP contribution in [0.15, 0.2) is 48.5 Å². The highest BCUT2D eigenvalue weighted by atomic mass is 32.1. The van der Waals surface area contributed by atoms with E-state index in [4.69, 9.17) is 0 Å². The predicted octanol–water partition coefficient (Wildman–Crippen LogP) is 9.33. The number of benzene rings is 2. The average Bonchev–Trinajstić information content (AvgIpc) is 3.13. The number of amides is 2. The monoisotopic (exact) mass is 773 g/mol. The Hall–Kier alpha value is -2.33. The maximum atomic E-state index is 11.6. The molecule has 0 radical (unpaired) electrons. The average molecular weight is 773 g/mol. The summed E-state index contributed by atoms with van der Waals surface area (Å²) in [4.78, 5) is 35.8. The fraction of sp³-hybridized carbons (Fsp3) is 0.659. The van der Waals surface area contributed by atoms with Crippen LogP contribution in [-0.4, -0.2) is 54.7 Å². The van der Waals surface area contributed by atoms with Crippen LogP contribution in [0.25, 0.3) is 0 Å². The van der Waals surface area contributed by atoms with Crippen LogP contribution in [0.5, 0.6) is 0 Å². The third-order valence-corrected chi connectivity index (χ3v) is 12.0. The lowest BCUT2D eigenvalue weighted by Gasteiger charge is -2.48. The minimum absolute atomic E-state index is 0. The van der Waals surface area contributed by atoms with Crippen LogP contribution in [0.1, 0.15) is 168 Å². The van der Waals surface area contributed by atoms with Crippen molar-refractivity contribution in [2.45, 2.75) is 162 Å². The molecule has 0 aromatic heterocycles. The molecule has 3 N–H and O–H groups in total.